The molecule has 6 heteroatoms. The van der Waals surface area contributed by atoms with Crippen LogP contribution >= 0.6 is 48.0 Å². The molecule has 1 heterocycles. The van der Waals surface area contributed by atoms with Crippen LogP contribution in [-0.2, 0) is 0 Å². The van der Waals surface area contributed by atoms with E-state index in [-0.39, 0.29) is 24.8 Å². The number of nitrogens with one attached hydrogen (secondary N) is 1. The Morgan fingerprint density at radius 3 is 2.10 bits per heavy atom. The van der Waals surface area contributed by atoms with E-state index < -0.39 is 0 Å². The zero-order valence-corrected chi connectivity index (χ0v) is 15.6. The molecule has 0 saturated carbocycles. The Hall–Kier alpha value is 0.300. The van der Waals surface area contributed by atoms with Crippen molar-refractivity contribution in [1.82, 2.24) is 10.2 Å². The van der Waals surface area contributed by atoms with Gasteiger partial charge in [-0.05, 0) is 24.5 Å². The van der Waals surface area contributed by atoms with Gasteiger partial charge in [-0.15, -0.1) is 24.8 Å². The molecule has 0 aliphatic carbocycles. The minimum Gasteiger partial charge on any atom is -0.314 e. The number of hydrogen-bond acceptors (Lipinski definition) is 2. The van der Waals surface area contributed by atoms with Gasteiger partial charge in [-0.3, -0.25) is 4.90 Å². The van der Waals surface area contributed by atoms with E-state index in [4.69, 9.17) is 23.2 Å². The van der Waals surface area contributed by atoms with E-state index in [1.165, 1.54) is 0 Å². The maximum absolute atomic E-state index is 6.40. The zero-order chi connectivity index (χ0) is 13.8. The lowest BCUT2D eigenvalue weighted by atomic mass is 9.95. The number of halogens is 4. The van der Waals surface area contributed by atoms with E-state index >= 15 is 0 Å². The fourth-order valence-electron chi connectivity index (χ4n) is 2.72. The summed E-state index contributed by atoms with van der Waals surface area (Å²) in [6, 6.07) is 6.12. The summed E-state index contributed by atoms with van der Waals surface area (Å²) in [5, 5.41) is 4.97. The van der Waals surface area contributed by atoms with Gasteiger partial charge in [-0.25, -0.2) is 0 Å². The van der Waals surface area contributed by atoms with Crippen LogP contribution in [0.1, 0.15) is 31.9 Å². The highest BCUT2D eigenvalue weighted by Gasteiger charge is 2.26. The van der Waals surface area contributed by atoms with Crippen LogP contribution in [0.15, 0.2) is 18.2 Å². The number of hydrogen-bond donors (Lipinski definition) is 1. The monoisotopic (exact) mass is 372 g/mol. The fraction of sp³-hybridized carbons (Fsp3) is 0.600. The van der Waals surface area contributed by atoms with Gasteiger partial charge in [-0.1, -0.05) is 43.1 Å². The highest BCUT2D eigenvalue weighted by atomic mass is 35.5. The van der Waals surface area contributed by atoms with E-state index in [0.717, 1.165) is 48.2 Å². The van der Waals surface area contributed by atoms with Crippen molar-refractivity contribution in [3.8, 4) is 0 Å². The number of benzene rings is 1. The van der Waals surface area contributed by atoms with Gasteiger partial charge in [0.1, 0.15) is 0 Å². The average molecular weight is 374 g/mol. The molecule has 0 bridgehead atoms. The van der Waals surface area contributed by atoms with Crippen LogP contribution in [0.25, 0.3) is 0 Å². The normalized spacial score (nSPS) is 17.0. The van der Waals surface area contributed by atoms with Gasteiger partial charge in [0.25, 0.3) is 0 Å². The van der Waals surface area contributed by atoms with Crippen molar-refractivity contribution in [2.45, 2.75) is 26.3 Å². The lowest BCUT2D eigenvalue weighted by Crippen LogP contribution is -2.45. The first-order valence-electron chi connectivity index (χ1n) is 6.98. The van der Waals surface area contributed by atoms with Crippen LogP contribution in [0.2, 0.25) is 10.0 Å². The number of nitrogens with zero attached hydrogens (tertiary/aromatic N) is 1. The van der Waals surface area contributed by atoms with Crippen molar-refractivity contribution in [2.75, 3.05) is 26.2 Å². The second-order valence-corrected chi connectivity index (χ2v) is 6.38. The van der Waals surface area contributed by atoms with Crippen molar-refractivity contribution in [1.29, 1.82) is 0 Å². The minimum atomic E-state index is 0. The second-order valence-electron chi connectivity index (χ2n) is 5.57. The molecule has 1 aliphatic rings. The Kier molecular flexibility index (Phi) is 10.3. The molecule has 1 aliphatic heterocycles. The molecule has 0 aromatic heterocycles. The minimum absolute atomic E-state index is 0. The molecule has 0 spiro atoms. The van der Waals surface area contributed by atoms with Crippen LogP contribution < -0.4 is 5.32 Å². The predicted octanol–water partition coefficient (Wildman–Crippen LogP) is 4.83. The molecule has 0 amide bonds. The molecule has 122 valence electrons. The van der Waals surface area contributed by atoms with Crippen molar-refractivity contribution in [3.63, 3.8) is 0 Å². The van der Waals surface area contributed by atoms with Crippen molar-refractivity contribution < 1.29 is 0 Å². The van der Waals surface area contributed by atoms with Gasteiger partial charge in [-0.2, -0.15) is 0 Å². The number of piperazine rings is 1. The topological polar surface area (TPSA) is 15.3 Å². The first kappa shape index (κ1) is 21.3. The van der Waals surface area contributed by atoms with Gasteiger partial charge < -0.3 is 5.32 Å². The molecular weight excluding hydrogens is 350 g/mol. The third-order valence-corrected chi connectivity index (χ3v) is 4.28. The van der Waals surface area contributed by atoms with Gasteiger partial charge in [0.15, 0.2) is 0 Å². The summed E-state index contributed by atoms with van der Waals surface area (Å²) in [6.45, 7) is 8.69. The Balaban J connectivity index is 0.00000200. The maximum atomic E-state index is 6.40. The summed E-state index contributed by atoms with van der Waals surface area (Å²) in [5.74, 6) is 0.618. The zero-order valence-electron chi connectivity index (χ0n) is 12.4. The molecule has 1 fully saturated rings. The first-order valence-corrected chi connectivity index (χ1v) is 7.74. The third-order valence-electron chi connectivity index (χ3n) is 3.62. The van der Waals surface area contributed by atoms with Crippen molar-refractivity contribution >= 4 is 48.0 Å². The van der Waals surface area contributed by atoms with E-state index in [0.29, 0.717) is 12.0 Å². The molecule has 1 atom stereocenters. The van der Waals surface area contributed by atoms with E-state index in [1.54, 1.807) is 0 Å². The van der Waals surface area contributed by atoms with Crippen LogP contribution in [0.3, 0.4) is 0 Å². The number of rotatable bonds is 4. The summed E-state index contributed by atoms with van der Waals surface area (Å²) < 4.78 is 0. The van der Waals surface area contributed by atoms with E-state index in [2.05, 4.69) is 24.1 Å². The lowest BCUT2D eigenvalue weighted by Gasteiger charge is -2.37. The van der Waals surface area contributed by atoms with E-state index in [9.17, 15) is 0 Å². The highest BCUT2D eigenvalue weighted by Crippen LogP contribution is 2.37. The Morgan fingerprint density at radius 2 is 1.62 bits per heavy atom. The molecule has 2 rings (SSSR count). The molecular formula is C15H24Cl4N2. The smallest absolute Gasteiger partial charge is 0.0468 e. The molecule has 1 aromatic rings. The second kappa shape index (κ2) is 10.1. The molecule has 0 unspecified atom stereocenters. The van der Waals surface area contributed by atoms with Crippen LogP contribution in [0.4, 0.5) is 0 Å². The van der Waals surface area contributed by atoms with Gasteiger partial charge in [0.2, 0.25) is 0 Å². The summed E-state index contributed by atoms with van der Waals surface area (Å²) in [4.78, 5) is 2.50. The predicted molar refractivity (Wildman–Crippen MR) is 97.6 cm³/mol. The molecule has 0 radical (unpaired) electrons. The largest absolute Gasteiger partial charge is 0.314 e. The quantitative estimate of drug-likeness (QED) is 0.812. The van der Waals surface area contributed by atoms with Crippen LogP contribution in [0.5, 0.6) is 0 Å². The standard InChI is InChI=1S/C15H22Cl2N2.2ClH/c1-11(2)10-14(19-8-6-18-7-9-19)15-12(16)4-3-5-13(15)17;;/h3-5,11,14,18H,6-10H2,1-2H3;2*1H/t14-;;/m0../s1. The van der Waals surface area contributed by atoms with Crippen molar-refractivity contribution in [2.24, 2.45) is 5.92 Å². The summed E-state index contributed by atoms with van der Waals surface area (Å²) in [6.07, 6.45) is 1.09. The van der Waals surface area contributed by atoms with Gasteiger partial charge in [0, 0.05) is 47.8 Å². The summed E-state index contributed by atoms with van der Waals surface area (Å²) >= 11 is 12.8. The third kappa shape index (κ3) is 5.78. The van der Waals surface area contributed by atoms with Crippen molar-refractivity contribution in [3.05, 3.63) is 33.8 Å². The Labute approximate surface area is 150 Å². The molecule has 1 aromatic carbocycles. The fourth-order valence-corrected chi connectivity index (χ4v) is 3.37. The summed E-state index contributed by atoms with van der Waals surface area (Å²) in [5.41, 5.74) is 1.10. The Morgan fingerprint density at radius 1 is 1.10 bits per heavy atom. The maximum Gasteiger partial charge on any atom is 0.0468 e. The van der Waals surface area contributed by atoms with Gasteiger partial charge >= 0.3 is 0 Å². The molecule has 1 saturated heterocycles. The Bertz CT molecular complexity index is 400. The van der Waals surface area contributed by atoms with E-state index in [1.807, 2.05) is 18.2 Å². The highest BCUT2D eigenvalue weighted by molar-refractivity contribution is 6.36. The van der Waals surface area contributed by atoms with Crippen LogP contribution in [0, 0.1) is 5.92 Å². The van der Waals surface area contributed by atoms with Gasteiger partial charge in [0.05, 0.1) is 0 Å². The lowest BCUT2D eigenvalue weighted by molar-refractivity contribution is 0.154. The molecule has 2 nitrogen and oxygen atoms in total. The molecule has 1 N–H and O–H groups in total. The summed E-state index contributed by atoms with van der Waals surface area (Å²) in [7, 11) is 0. The van der Waals surface area contributed by atoms with Crippen LogP contribution in [-0.4, -0.2) is 31.1 Å². The average Bonchev–Trinajstić information content (AvgIpc) is 2.38. The SMILES string of the molecule is CC(C)C[C@@H](c1c(Cl)cccc1Cl)N1CCNCC1.Cl.Cl. The first-order chi connectivity index (χ1) is 9.09. The molecule has 21 heavy (non-hydrogen) atoms.